The second-order valence-corrected chi connectivity index (χ2v) is 4.63. The van der Waals surface area contributed by atoms with Gasteiger partial charge in [0.05, 0.1) is 12.1 Å². The molecule has 23 heavy (non-hydrogen) atoms. The fraction of sp³-hybridized carbons (Fsp3) is 0.357. The number of nitrogens with one attached hydrogen (secondary N) is 1. The first-order chi connectivity index (χ1) is 10.8. The summed E-state index contributed by atoms with van der Waals surface area (Å²) in [5, 5.41) is 9.68. The van der Waals surface area contributed by atoms with Gasteiger partial charge in [-0.05, 0) is 6.07 Å². The van der Waals surface area contributed by atoms with Crippen molar-refractivity contribution in [2.75, 3.05) is 7.11 Å². The largest absolute Gasteiger partial charge is 0.424 e. The van der Waals surface area contributed by atoms with Crippen LogP contribution < -0.4 is 5.32 Å². The topological polar surface area (TPSA) is 77.2 Å². The van der Waals surface area contributed by atoms with Gasteiger partial charge in [0.1, 0.15) is 0 Å². The van der Waals surface area contributed by atoms with Gasteiger partial charge < -0.3 is 14.5 Å². The predicted octanol–water partition coefficient (Wildman–Crippen LogP) is 2.40. The highest BCUT2D eigenvalue weighted by atomic mass is 19.4. The van der Waals surface area contributed by atoms with Crippen LogP contribution >= 0.6 is 0 Å². The van der Waals surface area contributed by atoms with Crippen LogP contribution in [0, 0.1) is 6.92 Å². The van der Waals surface area contributed by atoms with Gasteiger partial charge in [0.25, 0.3) is 5.91 Å². The number of nitrogens with zero attached hydrogens (tertiary/aromatic N) is 2. The summed E-state index contributed by atoms with van der Waals surface area (Å²) < 4.78 is 49.1. The first kappa shape index (κ1) is 16.9. The lowest BCUT2D eigenvalue weighted by Crippen LogP contribution is -2.31. The molecule has 1 atom stereocenters. The second-order valence-electron chi connectivity index (χ2n) is 4.63. The summed E-state index contributed by atoms with van der Waals surface area (Å²) >= 11 is 0. The fourth-order valence-corrected chi connectivity index (χ4v) is 2.02. The standard InChI is InChI=1S/C14H14F3N3O3/c1-8-19-20-11(23-8)7-18-13(21)12(22-2)9-5-3-4-6-10(9)14(15,16)17/h3-6,12H,7H2,1-2H3,(H,18,21). The average molecular weight is 329 g/mol. The zero-order valence-electron chi connectivity index (χ0n) is 12.3. The zero-order valence-corrected chi connectivity index (χ0v) is 12.3. The van der Waals surface area contributed by atoms with Crippen molar-refractivity contribution in [3.8, 4) is 0 Å². The van der Waals surface area contributed by atoms with E-state index in [0.717, 1.165) is 13.2 Å². The SMILES string of the molecule is COC(C(=O)NCc1nnc(C)o1)c1ccccc1C(F)(F)F. The van der Waals surface area contributed by atoms with E-state index in [0.29, 0.717) is 5.89 Å². The quantitative estimate of drug-likeness (QED) is 0.911. The Labute approximate surface area is 129 Å². The summed E-state index contributed by atoms with van der Waals surface area (Å²) in [6.07, 6.45) is -5.99. The molecule has 1 unspecified atom stereocenters. The number of methoxy groups -OCH3 is 1. The van der Waals surface area contributed by atoms with Gasteiger partial charge in [-0.3, -0.25) is 4.79 Å². The molecular weight excluding hydrogens is 315 g/mol. The first-order valence-corrected chi connectivity index (χ1v) is 6.58. The molecule has 0 saturated heterocycles. The summed E-state index contributed by atoms with van der Waals surface area (Å²) in [6.45, 7) is 1.48. The molecule has 2 rings (SSSR count). The Bertz CT molecular complexity index is 685. The van der Waals surface area contributed by atoms with E-state index < -0.39 is 23.8 Å². The lowest BCUT2D eigenvalue weighted by molar-refractivity contribution is -0.141. The van der Waals surface area contributed by atoms with Crippen molar-refractivity contribution in [1.82, 2.24) is 15.5 Å². The van der Waals surface area contributed by atoms with E-state index in [4.69, 9.17) is 9.15 Å². The molecule has 0 fully saturated rings. The maximum absolute atomic E-state index is 13.0. The molecule has 0 saturated carbocycles. The molecule has 1 amide bonds. The number of benzene rings is 1. The third kappa shape index (κ3) is 4.07. The van der Waals surface area contributed by atoms with Gasteiger partial charge in [0.15, 0.2) is 6.10 Å². The van der Waals surface area contributed by atoms with Crippen LogP contribution in [0.1, 0.15) is 29.0 Å². The third-order valence-electron chi connectivity index (χ3n) is 3.00. The van der Waals surface area contributed by atoms with Gasteiger partial charge in [-0.1, -0.05) is 18.2 Å². The van der Waals surface area contributed by atoms with Crippen LogP contribution in [-0.4, -0.2) is 23.2 Å². The highest BCUT2D eigenvalue weighted by Gasteiger charge is 2.36. The van der Waals surface area contributed by atoms with E-state index in [1.807, 2.05) is 0 Å². The number of carbonyl (C=O) groups excluding carboxylic acids is 1. The van der Waals surface area contributed by atoms with E-state index in [9.17, 15) is 18.0 Å². The van der Waals surface area contributed by atoms with Crippen molar-refractivity contribution in [3.05, 3.63) is 47.2 Å². The molecule has 1 heterocycles. The number of carbonyl (C=O) groups is 1. The van der Waals surface area contributed by atoms with Crippen molar-refractivity contribution in [2.45, 2.75) is 25.7 Å². The molecule has 6 nitrogen and oxygen atoms in total. The molecule has 0 bridgehead atoms. The zero-order chi connectivity index (χ0) is 17.0. The van der Waals surface area contributed by atoms with Gasteiger partial charge in [-0.15, -0.1) is 10.2 Å². The highest BCUT2D eigenvalue weighted by Crippen LogP contribution is 2.35. The molecule has 0 aliphatic rings. The number of halogens is 3. The number of aromatic nitrogens is 2. The van der Waals surface area contributed by atoms with Crippen molar-refractivity contribution in [1.29, 1.82) is 0 Å². The third-order valence-corrected chi connectivity index (χ3v) is 3.00. The van der Waals surface area contributed by atoms with Gasteiger partial charge in [-0.2, -0.15) is 13.2 Å². The molecule has 1 N–H and O–H groups in total. The second kappa shape index (κ2) is 6.78. The van der Waals surface area contributed by atoms with Crippen LogP contribution in [0.3, 0.4) is 0 Å². The summed E-state index contributed by atoms with van der Waals surface area (Å²) in [5.74, 6) is -0.269. The minimum Gasteiger partial charge on any atom is -0.424 e. The normalized spacial score (nSPS) is 12.9. The van der Waals surface area contributed by atoms with Gasteiger partial charge in [0, 0.05) is 19.6 Å². The lowest BCUT2D eigenvalue weighted by atomic mass is 10.0. The number of ether oxygens (including phenoxy) is 1. The Hall–Kier alpha value is -2.42. The van der Waals surface area contributed by atoms with Crippen LogP contribution in [0.15, 0.2) is 28.7 Å². The number of alkyl halides is 3. The highest BCUT2D eigenvalue weighted by molar-refractivity contribution is 5.82. The number of hydrogen-bond acceptors (Lipinski definition) is 5. The number of amides is 1. The number of hydrogen-bond donors (Lipinski definition) is 1. The van der Waals surface area contributed by atoms with Crippen molar-refractivity contribution < 1.29 is 27.1 Å². The molecule has 0 aliphatic carbocycles. The molecule has 0 spiro atoms. The molecular formula is C14H14F3N3O3. The maximum Gasteiger partial charge on any atom is 0.416 e. The van der Waals surface area contributed by atoms with Crippen molar-refractivity contribution in [3.63, 3.8) is 0 Å². The van der Waals surface area contributed by atoms with Crippen LogP contribution in [0.25, 0.3) is 0 Å². The maximum atomic E-state index is 13.0. The van der Waals surface area contributed by atoms with E-state index in [2.05, 4.69) is 15.5 Å². The van der Waals surface area contributed by atoms with E-state index in [1.54, 1.807) is 6.92 Å². The lowest BCUT2D eigenvalue weighted by Gasteiger charge is -2.19. The minimum absolute atomic E-state index is 0.103. The number of aryl methyl sites for hydroxylation is 1. The Kier molecular flexibility index (Phi) is 4.99. The summed E-state index contributed by atoms with van der Waals surface area (Å²) in [4.78, 5) is 12.1. The van der Waals surface area contributed by atoms with Crippen LogP contribution in [0.5, 0.6) is 0 Å². The molecule has 0 aliphatic heterocycles. The Morgan fingerprint density at radius 1 is 1.35 bits per heavy atom. The van der Waals surface area contributed by atoms with Crippen molar-refractivity contribution in [2.24, 2.45) is 0 Å². The van der Waals surface area contributed by atoms with Crippen molar-refractivity contribution >= 4 is 5.91 Å². The molecule has 9 heteroatoms. The van der Waals surface area contributed by atoms with E-state index in [-0.39, 0.29) is 18.0 Å². The molecule has 1 aromatic carbocycles. The van der Waals surface area contributed by atoms with Gasteiger partial charge in [0.2, 0.25) is 11.8 Å². The fourth-order valence-electron chi connectivity index (χ4n) is 2.02. The first-order valence-electron chi connectivity index (χ1n) is 6.58. The Balaban J connectivity index is 2.17. The predicted molar refractivity (Wildman–Crippen MR) is 72.1 cm³/mol. The molecule has 0 radical (unpaired) electrons. The van der Waals surface area contributed by atoms with Gasteiger partial charge >= 0.3 is 6.18 Å². The average Bonchev–Trinajstić information content (AvgIpc) is 2.91. The van der Waals surface area contributed by atoms with E-state index in [1.165, 1.54) is 18.2 Å². The summed E-state index contributed by atoms with van der Waals surface area (Å²) in [5.41, 5.74) is -1.18. The molecule has 2 aromatic rings. The van der Waals surface area contributed by atoms with E-state index >= 15 is 0 Å². The summed E-state index contributed by atoms with van der Waals surface area (Å²) in [7, 11) is 1.16. The summed E-state index contributed by atoms with van der Waals surface area (Å²) in [6, 6.07) is 4.76. The Morgan fingerprint density at radius 2 is 2.04 bits per heavy atom. The minimum atomic E-state index is -4.59. The van der Waals surface area contributed by atoms with Crippen LogP contribution in [0.2, 0.25) is 0 Å². The number of rotatable bonds is 5. The van der Waals surface area contributed by atoms with Gasteiger partial charge in [-0.25, -0.2) is 0 Å². The molecule has 1 aromatic heterocycles. The Morgan fingerprint density at radius 3 is 2.61 bits per heavy atom. The smallest absolute Gasteiger partial charge is 0.416 e. The molecule has 124 valence electrons. The van der Waals surface area contributed by atoms with Crippen LogP contribution in [-0.2, 0) is 22.3 Å². The van der Waals surface area contributed by atoms with Crippen LogP contribution in [0.4, 0.5) is 13.2 Å². The monoisotopic (exact) mass is 329 g/mol.